The van der Waals surface area contributed by atoms with Gasteiger partial charge in [-0.2, -0.15) is 0 Å². The van der Waals surface area contributed by atoms with Crippen molar-refractivity contribution in [3.8, 4) is 0 Å². The van der Waals surface area contributed by atoms with Gasteiger partial charge in [0, 0.05) is 32.4 Å². The van der Waals surface area contributed by atoms with Crippen LogP contribution < -0.4 is 5.32 Å². The molecule has 0 aromatic heterocycles. The molecule has 1 N–H and O–H groups in total. The molecule has 9 heteroatoms. The Bertz CT molecular complexity index is 1380. The molecule has 0 aromatic rings. The number of nitrogens with one attached hydrogen (secondary N) is 1. The summed E-state index contributed by atoms with van der Waals surface area (Å²) in [5.74, 6) is -0.123. The number of allylic oxidation sites excluding steroid dienone is 12. The van der Waals surface area contributed by atoms with Crippen molar-refractivity contribution in [1.29, 1.82) is 0 Å². The number of carbonyl (C=O) groups is 4. The van der Waals surface area contributed by atoms with Crippen molar-refractivity contribution >= 4 is 23.8 Å². The van der Waals surface area contributed by atoms with Gasteiger partial charge in [0.15, 0.2) is 0 Å². The van der Waals surface area contributed by atoms with E-state index in [9.17, 15) is 19.2 Å². The maximum absolute atomic E-state index is 14.8. The zero-order valence-electron chi connectivity index (χ0n) is 44.3. The predicted molar refractivity (Wildman–Crippen MR) is 284 cm³/mol. The Morgan fingerprint density at radius 2 is 0.925 bits per heavy atom. The van der Waals surface area contributed by atoms with Crippen LogP contribution in [0.1, 0.15) is 208 Å². The monoisotopic (exact) mass is 936 g/mol. The molecule has 9 nitrogen and oxygen atoms in total. The number of amides is 2. The summed E-state index contributed by atoms with van der Waals surface area (Å²) in [6.07, 6.45) is 45.8. The van der Waals surface area contributed by atoms with E-state index in [2.05, 4.69) is 125 Å². The van der Waals surface area contributed by atoms with Gasteiger partial charge in [-0.15, -0.1) is 0 Å². The molecule has 0 aliphatic carbocycles. The normalized spacial score (nSPS) is 12.5. The lowest BCUT2D eigenvalue weighted by molar-refractivity contribution is -0.151. The number of carbonyl (C=O) groups excluding carboxylic acids is 4. The van der Waals surface area contributed by atoms with Gasteiger partial charge in [0.1, 0.15) is 5.54 Å². The third kappa shape index (κ3) is 34.3. The van der Waals surface area contributed by atoms with E-state index < -0.39 is 5.54 Å². The number of ether oxygens (including phenoxy) is 2. The molecule has 0 rings (SSSR count). The molecule has 0 aliphatic rings. The van der Waals surface area contributed by atoms with Crippen molar-refractivity contribution in [2.24, 2.45) is 11.8 Å². The number of rotatable bonds is 44. The predicted octanol–water partition coefficient (Wildman–Crippen LogP) is 14.1. The first-order valence-corrected chi connectivity index (χ1v) is 27.0. The van der Waals surface area contributed by atoms with Gasteiger partial charge < -0.3 is 24.6 Å². The zero-order chi connectivity index (χ0) is 49.6. The number of unbranched alkanes of at least 4 members (excludes halogenated alkanes) is 2. The maximum atomic E-state index is 14.8. The van der Waals surface area contributed by atoms with Crippen LogP contribution in [-0.2, 0) is 28.7 Å². The molecule has 0 radical (unpaired) electrons. The van der Waals surface area contributed by atoms with E-state index in [4.69, 9.17) is 9.47 Å². The van der Waals surface area contributed by atoms with E-state index in [1.165, 1.54) is 0 Å². The third-order valence-electron chi connectivity index (χ3n) is 12.1. The molecule has 0 saturated carbocycles. The topological polar surface area (TPSA) is 105 Å². The van der Waals surface area contributed by atoms with Crippen LogP contribution in [0, 0.1) is 11.8 Å². The van der Waals surface area contributed by atoms with Crippen molar-refractivity contribution in [2.45, 2.75) is 214 Å². The highest BCUT2D eigenvalue weighted by Gasteiger charge is 2.45. The smallest absolute Gasteiger partial charge is 0.305 e. The molecular formula is C58H101N3O6. The lowest BCUT2D eigenvalue weighted by atomic mass is 9.83. The number of hydrogen-bond acceptors (Lipinski definition) is 7. The van der Waals surface area contributed by atoms with Crippen LogP contribution in [0.15, 0.2) is 72.9 Å². The van der Waals surface area contributed by atoms with Crippen molar-refractivity contribution in [2.75, 3.05) is 46.9 Å². The lowest BCUT2D eigenvalue weighted by Gasteiger charge is -2.43. The Morgan fingerprint density at radius 1 is 0.507 bits per heavy atom. The van der Waals surface area contributed by atoms with Gasteiger partial charge >= 0.3 is 11.9 Å². The Morgan fingerprint density at radius 3 is 1.33 bits per heavy atom. The average molecular weight is 936 g/mol. The van der Waals surface area contributed by atoms with E-state index in [0.29, 0.717) is 70.2 Å². The van der Waals surface area contributed by atoms with Gasteiger partial charge in [-0.25, -0.2) is 0 Å². The Labute approximate surface area is 411 Å². The van der Waals surface area contributed by atoms with Gasteiger partial charge in [0.25, 0.3) is 0 Å². The van der Waals surface area contributed by atoms with Crippen LogP contribution in [0.5, 0.6) is 0 Å². The lowest BCUT2D eigenvalue weighted by Crippen LogP contribution is -2.61. The molecule has 0 atom stereocenters. The van der Waals surface area contributed by atoms with Crippen molar-refractivity contribution in [3.05, 3.63) is 72.9 Å². The number of esters is 2. The van der Waals surface area contributed by atoms with Crippen molar-refractivity contribution in [1.82, 2.24) is 15.1 Å². The minimum atomic E-state index is -1.23. The van der Waals surface area contributed by atoms with Gasteiger partial charge in [0.05, 0.1) is 13.2 Å². The fourth-order valence-corrected chi connectivity index (χ4v) is 8.42. The highest BCUT2D eigenvalue weighted by Crippen LogP contribution is 2.32. The molecule has 0 spiro atoms. The molecule has 0 bridgehead atoms. The van der Waals surface area contributed by atoms with Crippen molar-refractivity contribution in [3.63, 3.8) is 0 Å². The second kappa shape index (κ2) is 44.8. The molecule has 0 aromatic carbocycles. The first-order chi connectivity index (χ1) is 32.5. The highest BCUT2D eigenvalue weighted by molar-refractivity contribution is 5.91. The summed E-state index contributed by atoms with van der Waals surface area (Å²) in [5.41, 5.74) is -1.23. The molecule has 0 aliphatic heterocycles. The first-order valence-electron chi connectivity index (χ1n) is 27.0. The van der Waals surface area contributed by atoms with Crippen LogP contribution in [-0.4, -0.2) is 86.0 Å². The minimum absolute atomic E-state index is 0.0795. The summed E-state index contributed by atoms with van der Waals surface area (Å²) in [6.45, 7) is 15.5. The Balaban J connectivity index is 6.22. The molecule has 0 heterocycles. The van der Waals surface area contributed by atoms with Gasteiger partial charge in [0.2, 0.25) is 11.8 Å². The largest absolute Gasteiger partial charge is 0.465 e. The second-order valence-corrected chi connectivity index (χ2v) is 18.6. The van der Waals surface area contributed by atoms with Crippen LogP contribution in [0.3, 0.4) is 0 Å². The number of nitrogens with zero attached hydrogens (tertiary/aromatic N) is 2. The molecule has 67 heavy (non-hydrogen) atoms. The van der Waals surface area contributed by atoms with E-state index in [1.807, 2.05) is 19.0 Å². The van der Waals surface area contributed by atoms with Gasteiger partial charge in [-0.05, 0) is 148 Å². The molecular weight excluding hydrogens is 835 g/mol. The quantitative estimate of drug-likeness (QED) is 0.0368. The highest BCUT2D eigenvalue weighted by atomic mass is 16.5. The van der Waals surface area contributed by atoms with E-state index in [0.717, 1.165) is 122 Å². The van der Waals surface area contributed by atoms with E-state index >= 15 is 0 Å². The second-order valence-electron chi connectivity index (χ2n) is 18.6. The third-order valence-corrected chi connectivity index (χ3v) is 12.1. The fourth-order valence-electron chi connectivity index (χ4n) is 8.42. The van der Waals surface area contributed by atoms with Crippen LogP contribution in [0.4, 0.5) is 0 Å². The molecule has 2 amide bonds. The minimum Gasteiger partial charge on any atom is -0.465 e. The SMILES string of the molecule is CC/C=C\C/C=C\C/C=C\C/C=C\C/C=C\C/C=C\CCC(=O)N(CCCCN(C)C)C(CCCC(=O)OCC(CCC)CCC)(CCCC(=O)OCC(CCC)CCC)C(=O)NCCCC. The Kier molecular flexibility index (Phi) is 42.3. The van der Waals surface area contributed by atoms with Crippen LogP contribution >= 0.6 is 0 Å². The van der Waals surface area contributed by atoms with Crippen molar-refractivity contribution < 1.29 is 28.7 Å². The van der Waals surface area contributed by atoms with Crippen LogP contribution in [0.2, 0.25) is 0 Å². The summed E-state index contributed by atoms with van der Waals surface area (Å²) >= 11 is 0. The summed E-state index contributed by atoms with van der Waals surface area (Å²) in [7, 11) is 4.08. The van der Waals surface area contributed by atoms with Gasteiger partial charge in [-0.3, -0.25) is 19.2 Å². The summed E-state index contributed by atoms with van der Waals surface area (Å²) in [4.78, 5) is 59.8. The van der Waals surface area contributed by atoms with E-state index in [1.54, 1.807) is 0 Å². The van der Waals surface area contributed by atoms with Crippen LogP contribution in [0.25, 0.3) is 0 Å². The molecule has 384 valence electrons. The molecule has 0 saturated heterocycles. The summed E-state index contributed by atoms with van der Waals surface area (Å²) in [5, 5.41) is 3.20. The molecule has 0 fully saturated rings. The maximum Gasteiger partial charge on any atom is 0.305 e. The van der Waals surface area contributed by atoms with Gasteiger partial charge in [-0.1, -0.05) is 147 Å². The first kappa shape index (κ1) is 63.3. The average Bonchev–Trinajstić information content (AvgIpc) is 3.30. The fraction of sp³-hybridized carbons (Fsp3) is 0.724. The van der Waals surface area contributed by atoms with E-state index in [-0.39, 0.29) is 43.0 Å². The standard InChI is InChI=1S/C58H101N3O6/c1-9-15-17-18-19-20-21-22-23-24-25-26-27-28-29-30-31-32-33-42-54(62)61(49-35-34-48-60(7)8)58(57(65)59-47-16-10-2,45-36-43-55(63)66-50-52(38-11-3)39-12-4)46-37-44-56(64)67-51-53(40-13-5)41-14-6/h15,17,19-20,22-23,25-26,28-29,31-32,52-53H,9-14,16,18,21,24,27,30,33-51H2,1-8H3,(H,59,65)/b17-15-,20-19-,23-22-,26-25-,29-28-,32-31-. The zero-order valence-corrected chi connectivity index (χ0v) is 44.3. The number of hydrogen-bond donors (Lipinski definition) is 1. The Hall–Kier alpha value is -3.72. The summed E-state index contributed by atoms with van der Waals surface area (Å²) in [6, 6.07) is 0. The summed E-state index contributed by atoms with van der Waals surface area (Å²) < 4.78 is 11.6. The molecule has 0 unspecified atom stereocenters.